The highest BCUT2D eigenvalue weighted by Gasteiger charge is 2.31. The average Bonchev–Trinajstić information content (AvgIpc) is 3.11. The molecule has 1 atom stereocenters. The first-order chi connectivity index (χ1) is 15.1. The van der Waals surface area contributed by atoms with E-state index in [1.54, 1.807) is 30.7 Å². The van der Waals surface area contributed by atoms with Crippen LogP contribution < -0.4 is 5.32 Å². The van der Waals surface area contributed by atoms with Gasteiger partial charge in [0.2, 0.25) is 5.91 Å². The van der Waals surface area contributed by atoms with Crippen LogP contribution in [0, 0.1) is 28.4 Å². The van der Waals surface area contributed by atoms with Crippen LogP contribution in [0.1, 0.15) is 43.2 Å². The minimum absolute atomic E-state index is 0.00850. The number of carbonyl (C=O) groups excluding carboxylic acids is 1. The smallest absolute Gasteiger partial charge is 0.269 e. The number of nitro groups is 1. The Morgan fingerprint density at radius 1 is 1.34 bits per heavy atom. The summed E-state index contributed by atoms with van der Waals surface area (Å²) in [5, 5.41) is 15.7. The molecule has 0 unspecified atom stereocenters. The van der Waals surface area contributed by atoms with Crippen molar-refractivity contribution in [2.24, 2.45) is 11.3 Å². The van der Waals surface area contributed by atoms with Crippen LogP contribution in [0.3, 0.4) is 0 Å². The minimum Gasteiger partial charge on any atom is -0.325 e. The van der Waals surface area contributed by atoms with E-state index >= 15 is 0 Å². The van der Waals surface area contributed by atoms with Crippen molar-refractivity contribution in [3.05, 3.63) is 50.6 Å². The van der Waals surface area contributed by atoms with Crippen LogP contribution in [0.5, 0.6) is 0 Å². The number of nitro benzene ring substituents is 1. The van der Waals surface area contributed by atoms with Crippen molar-refractivity contribution in [2.45, 2.75) is 52.0 Å². The Bertz CT molecular complexity index is 1200. The number of aryl methyl sites for hydroxylation is 2. The van der Waals surface area contributed by atoms with Gasteiger partial charge in [0.05, 0.1) is 10.7 Å². The van der Waals surface area contributed by atoms with Gasteiger partial charge in [0.25, 0.3) is 5.69 Å². The quantitative estimate of drug-likeness (QED) is 0.219. The minimum atomic E-state index is -0.444. The first-order valence-electron chi connectivity index (χ1n) is 10.6. The Kier molecular flexibility index (Phi) is 6.22. The molecule has 2 heterocycles. The third-order valence-electron chi connectivity index (χ3n) is 6.07. The number of amides is 1. The van der Waals surface area contributed by atoms with Crippen LogP contribution in [0.4, 0.5) is 11.4 Å². The topological polar surface area (TPSA) is 98.0 Å². The number of carbonyl (C=O) groups is 1. The van der Waals surface area contributed by atoms with Gasteiger partial charge in [-0.1, -0.05) is 32.5 Å². The Balaban J connectivity index is 1.49. The number of nitrogens with one attached hydrogen (secondary N) is 1. The number of anilines is 1. The molecule has 1 N–H and O–H groups in total. The van der Waals surface area contributed by atoms with E-state index in [-0.39, 0.29) is 22.8 Å². The highest BCUT2D eigenvalue weighted by atomic mass is 32.2. The molecular weight excluding hydrogens is 444 g/mol. The summed E-state index contributed by atoms with van der Waals surface area (Å²) in [5.41, 5.74) is 2.87. The number of nitrogens with zero attached hydrogens (tertiary/aromatic N) is 3. The Hall–Kier alpha value is -2.52. The van der Waals surface area contributed by atoms with Crippen molar-refractivity contribution in [1.82, 2.24) is 9.97 Å². The van der Waals surface area contributed by atoms with E-state index in [4.69, 9.17) is 0 Å². The highest BCUT2D eigenvalue weighted by molar-refractivity contribution is 8.00. The molecule has 2 aromatic heterocycles. The number of fused-ring (bicyclic) bond motifs is 3. The monoisotopic (exact) mass is 470 g/mol. The predicted octanol–water partition coefficient (Wildman–Crippen LogP) is 5.79. The first kappa shape index (κ1) is 22.7. The van der Waals surface area contributed by atoms with Gasteiger partial charge in [-0.2, -0.15) is 0 Å². The standard InChI is InChI=1S/C23H26N4O3S2/c1-13-9-15(27(29)30)6-8-17(13)26-19(28)11-31-21-20-16-7-5-14(23(2,3)4)10-18(16)32-22(20)25-12-24-21/h6,8-9,12,14H,5,7,10-11H2,1-4H3,(H,26,28)/t14-/m1/s1. The van der Waals surface area contributed by atoms with Gasteiger partial charge in [-0.05, 0) is 54.7 Å². The molecule has 9 heteroatoms. The van der Waals surface area contributed by atoms with E-state index in [9.17, 15) is 14.9 Å². The summed E-state index contributed by atoms with van der Waals surface area (Å²) in [4.78, 5) is 34.4. The average molecular weight is 471 g/mol. The molecule has 0 spiro atoms. The molecule has 3 aromatic rings. The van der Waals surface area contributed by atoms with Crippen molar-refractivity contribution in [3.8, 4) is 0 Å². The number of hydrogen-bond acceptors (Lipinski definition) is 7. The van der Waals surface area contributed by atoms with E-state index in [0.29, 0.717) is 17.2 Å². The molecule has 7 nitrogen and oxygen atoms in total. The van der Waals surface area contributed by atoms with Gasteiger partial charge in [-0.3, -0.25) is 14.9 Å². The van der Waals surface area contributed by atoms with E-state index < -0.39 is 4.92 Å². The molecule has 4 rings (SSSR count). The summed E-state index contributed by atoms with van der Waals surface area (Å²) in [6, 6.07) is 4.42. The van der Waals surface area contributed by atoms with Crippen LogP contribution in [0.2, 0.25) is 0 Å². The lowest BCUT2D eigenvalue weighted by molar-refractivity contribution is -0.384. The van der Waals surface area contributed by atoms with Crippen molar-refractivity contribution in [2.75, 3.05) is 11.1 Å². The van der Waals surface area contributed by atoms with Crippen LogP contribution >= 0.6 is 23.1 Å². The third kappa shape index (κ3) is 4.63. The molecule has 1 amide bonds. The summed E-state index contributed by atoms with van der Waals surface area (Å²) < 4.78 is 0. The second-order valence-electron chi connectivity index (χ2n) is 9.26. The number of rotatable bonds is 5. The maximum absolute atomic E-state index is 12.6. The summed E-state index contributed by atoms with van der Waals surface area (Å²) in [5.74, 6) is 0.691. The zero-order chi connectivity index (χ0) is 23.0. The Morgan fingerprint density at radius 2 is 2.12 bits per heavy atom. The van der Waals surface area contributed by atoms with Crippen molar-refractivity contribution in [3.63, 3.8) is 0 Å². The molecule has 0 fully saturated rings. The summed E-state index contributed by atoms with van der Waals surface area (Å²) in [6.07, 6.45) is 4.82. The fourth-order valence-electron chi connectivity index (χ4n) is 4.15. The number of benzene rings is 1. The maximum Gasteiger partial charge on any atom is 0.269 e. The Labute approximate surface area is 195 Å². The van der Waals surface area contributed by atoms with E-state index in [0.717, 1.165) is 34.5 Å². The second kappa shape index (κ2) is 8.78. The molecular formula is C23H26N4O3S2. The number of hydrogen-bond donors (Lipinski definition) is 1. The highest BCUT2D eigenvalue weighted by Crippen LogP contribution is 2.44. The number of thiophene rings is 1. The molecule has 0 aliphatic heterocycles. The fourth-order valence-corrected chi connectivity index (χ4v) is 6.31. The van der Waals surface area contributed by atoms with Gasteiger partial charge >= 0.3 is 0 Å². The van der Waals surface area contributed by atoms with Gasteiger partial charge in [0.1, 0.15) is 16.2 Å². The van der Waals surface area contributed by atoms with Crippen molar-refractivity contribution >= 4 is 50.6 Å². The summed E-state index contributed by atoms with van der Waals surface area (Å²) in [7, 11) is 0. The third-order valence-corrected chi connectivity index (χ3v) is 8.22. The molecule has 1 aliphatic carbocycles. The molecule has 32 heavy (non-hydrogen) atoms. The molecule has 1 aliphatic rings. The molecule has 168 valence electrons. The van der Waals surface area contributed by atoms with Gasteiger partial charge in [0, 0.05) is 28.1 Å². The van der Waals surface area contributed by atoms with Gasteiger partial charge in [0.15, 0.2) is 0 Å². The lowest BCUT2D eigenvalue weighted by atomic mass is 9.72. The van der Waals surface area contributed by atoms with Crippen LogP contribution in [0.15, 0.2) is 29.6 Å². The zero-order valence-electron chi connectivity index (χ0n) is 18.6. The summed E-state index contributed by atoms with van der Waals surface area (Å²) in [6.45, 7) is 8.67. The lowest BCUT2D eigenvalue weighted by Crippen LogP contribution is -2.26. The van der Waals surface area contributed by atoms with Gasteiger partial charge < -0.3 is 5.32 Å². The summed E-state index contributed by atoms with van der Waals surface area (Å²) >= 11 is 3.17. The molecule has 0 radical (unpaired) electrons. The number of non-ortho nitro benzene ring substituents is 1. The molecule has 0 bridgehead atoms. The van der Waals surface area contributed by atoms with E-state index in [1.807, 2.05) is 0 Å². The second-order valence-corrected chi connectivity index (χ2v) is 11.3. The SMILES string of the molecule is Cc1cc([N+](=O)[O-])ccc1NC(=O)CSc1ncnc2sc3c(c12)CC[C@@H](C(C)(C)C)C3. The largest absolute Gasteiger partial charge is 0.325 e. The Morgan fingerprint density at radius 3 is 2.81 bits per heavy atom. The molecule has 0 saturated carbocycles. The van der Waals surface area contributed by atoms with Crippen molar-refractivity contribution in [1.29, 1.82) is 0 Å². The van der Waals surface area contributed by atoms with Crippen LogP contribution in [0.25, 0.3) is 10.2 Å². The number of thioether (sulfide) groups is 1. The van der Waals surface area contributed by atoms with Crippen LogP contribution in [-0.4, -0.2) is 26.6 Å². The van der Waals surface area contributed by atoms with E-state index in [2.05, 4.69) is 36.1 Å². The van der Waals surface area contributed by atoms with Gasteiger partial charge in [-0.25, -0.2) is 9.97 Å². The van der Waals surface area contributed by atoms with Crippen LogP contribution in [-0.2, 0) is 17.6 Å². The van der Waals surface area contributed by atoms with Gasteiger partial charge in [-0.15, -0.1) is 11.3 Å². The molecule has 1 aromatic carbocycles. The zero-order valence-corrected chi connectivity index (χ0v) is 20.2. The maximum atomic E-state index is 12.6. The normalized spacial score (nSPS) is 16.1. The lowest BCUT2D eigenvalue weighted by Gasteiger charge is -2.33. The first-order valence-corrected chi connectivity index (χ1v) is 12.4. The predicted molar refractivity (Wildman–Crippen MR) is 130 cm³/mol. The van der Waals surface area contributed by atoms with Crippen molar-refractivity contribution < 1.29 is 9.72 Å². The van der Waals surface area contributed by atoms with E-state index in [1.165, 1.54) is 34.3 Å². The molecule has 0 saturated heterocycles. The number of aromatic nitrogens is 2. The fraction of sp³-hybridized carbons (Fsp3) is 0.435.